The number of rotatable bonds is 2. The van der Waals surface area contributed by atoms with Crippen molar-refractivity contribution in [1.82, 2.24) is 4.57 Å². The van der Waals surface area contributed by atoms with E-state index in [9.17, 15) is 9.59 Å². The van der Waals surface area contributed by atoms with Crippen molar-refractivity contribution in [3.8, 4) is 0 Å². The van der Waals surface area contributed by atoms with Crippen LogP contribution in [0, 0.1) is 0 Å². The molecule has 0 saturated heterocycles. The summed E-state index contributed by atoms with van der Waals surface area (Å²) in [6, 6.07) is 5.48. The van der Waals surface area contributed by atoms with E-state index in [1.165, 1.54) is 5.56 Å². The van der Waals surface area contributed by atoms with Crippen molar-refractivity contribution >= 4 is 22.8 Å². The lowest BCUT2D eigenvalue weighted by Gasteiger charge is -2.13. The first-order chi connectivity index (χ1) is 10.1. The van der Waals surface area contributed by atoms with Crippen molar-refractivity contribution in [1.29, 1.82) is 0 Å². The molecule has 4 heteroatoms. The van der Waals surface area contributed by atoms with Crippen LogP contribution in [-0.2, 0) is 17.6 Å². The highest BCUT2D eigenvalue weighted by Gasteiger charge is 2.22. The summed E-state index contributed by atoms with van der Waals surface area (Å²) in [6.45, 7) is 3.75. The van der Waals surface area contributed by atoms with Crippen molar-refractivity contribution in [2.24, 2.45) is 0 Å². The van der Waals surface area contributed by atoms with Crippen molar-refractivity contribution in [2.75, 3.05) is 6.61 Å². The minimum Gasteiger partial charge on any atom is -0.462 e. The molecule has 4 nitrogen and oxygen atoms in total. The molecule has 1 heterocycles. The molecule has 0 N–H and O–H groups in total. The van der Waals surface area contributed by atoms with Gasteiger partial charge in [-0.15, -0.1) is 0 Å². The number of fused-ring (bicyclic) bond motifs is 3. The number of carbonyl (C=O) groups excluding carboxylic acids is 2. The standard InChI is InChI=1S/C17H19NO3/c1-3-21-17(20)12-8-9-16-14(10-12)13-6-4-5-7-15(13)18(16)11(2)19/h8-10H,3-7H2,1-2H3. The Kier molecular flexibility index (Phi) is 3.53. The van der Waals surface area contributed by atoms with Crippen LogP contribution in [-0.4, -0.2) is 23.1 Å². The third-order valence-corrected chi connectivity index (χ3v) is 4.10. The average molecular weight is 285 g/mol. The summed E-state index contributed by atoms with van der Waals surface area (Å²) in [4.78, 5) is 23.9. The summed E-state index contributed by atoms with van der Waals surface area (Å²) in [6.07, 6.45) is 4.14. The predicted molar refractivity (Wildman–Crippen MR) is 80.8 cm³/mol. The van der Waals surface area contributed by atoms with E-state index in [1.807, 2.05) is 12.1 Å². The molecule has 1 aromatic carbocycles. The van der Waals surface area contributed by atoms with E-state index < -0.39 is 0 Å². The fraction of sp³-hybridized carbons (Fsp3) is 0.412. The number of benzene rings is 1. The molecule has 0 saturated carbocycles. The molecule has 21 heavy (non-hydrogen) atoms. The fourth-order valence-electron chi connectivity index (χ4n) is 3.25. The smallest absolute Gasteiger partial charge is 0.338 e. The molecule has 2 aromatic rings. The summed E-state index contributed by atoms with van der Waals surface area (Å²) < 4.78 is 6.87. The second-order valence-corrected chi connectivity index (χ2v) is 5.44. The quantitative estimate of drug-likeness (QED) is 0.795. The Morgan fingerprint density at radius 2 is 2.00 bits per heavy atom. The SMILES string of the molecule is CCOC(=O)c1ccc2c(c1)c1c(n2C(C)=O)CCCC1. The molecule has 1 aliphatic carbocycles. The van der Waals surface area contributed by atoms with Gasteiger partial charge in [-0.05, 0) is 56.4 Å². The Morgan fingerprint density at radius 3 is 2.71 bits per heavy atom. The predicted octanol–water partition coefficient (Wildman–Crippen LogP) is 3.36. The first-order valence-corrected chi connectivity index (χ1v) is 7.47. The molecular formula is C17H19NO3. The van der Waals surface area contributed by atoms with Gasteiger partial charge in [0.1, 0.15) is 0 Å². The Balaban J connectivity index is 2.21. The van der Waals surface area contributed by atoms with Gasteiger partial charge in [-0.3, -0.25) is 9.36 Å². The van der Waals surface area contributed by atoms with Gasteiger partial charge in [0.2, 0.25) is 5.91 Å². The molecule has 0 atom stereocenters. The van der Waals surface area contributed by atoms with Crippen molar-refractivity contribution in [3.05, 3.63) is 35.0 Å². The topological polar surface area (TPSA) is 48.3 Å². The highest BCUT2D eigenvalue weighted by molar-refractivity contribution is 6.00. The normalized spacial score (nSPS) is 14.0. The van der Waals surface area contributed by atoms with Crippen LogP contribution in [0.4, 0.5) is 0 Å². The molecule has 0 aliphatic heterocycles. The maximum atomic E-state index is 12.0. The molecule has 0 bridgehead atoms. The van der Waals surface area contributed by atoms with Crippen LogP contribution in [0.3, 0.4) is 0 Å². The van der Waals surface area contributed by atoms with Gasteiger partial charge < -0.3 is 4.74 Å². The Bertz CT molecular complexity index is 727. The molecule has 110 valence electrons. The van der Waals surface area contributed by atoms with E-state index in [0.29, 0.717) is 12.2 Å². The maximum Gasteiger partial charge on any atom is 0.338 e. The van der Waals surface area contributed by atoms with Crippen LogP contribution in [0.5, 0.6) is 0 Å². The molecule has 0 fully saturated rings. The molecule has 0 unspecified atom stereocenters. The number of carbonyl (C=O) groups is 2. The third kappa shape index (κ3) is 2.24. The van der Waals surface area contributed by atoms with Crippen LogP contribution in [0.25, 0.3) is 10.9 Å². The average Bonchev–Trinajstić information content (AvgIpc) is 2.81. The van der Waals surface area contributed by atoms with Crippen molar-refractivity contribution in [2.45, 2.75) is 39.5 Å². The Morgan fingerprint density at radius 1 is 1.24 bits per heavy atom. The van der Waals surface area contributed by atoms with E-state index in [4.69, 9.17) is 4.74 Å². The van der Waals surface area contributed by atoms with Gasteiger partial charge in [0.25, 0.3) is 0 Å². The lowest BCUT2D eigenvalue weighted by Crippen LogP contribution is -2.12. The summed E-state index contributed by atoms with van der Waals surface area (Å²) in [5.74, 6) is -0.272. The molecule has 3 rings (SSSR count). The summed E-state index contributed by atoms with van der Waals surface area (Å²) >= 11 is 0. The highest BCUT2D eigenvalue weighted by Crippen LogP contribution is 2.32. The van der Waals surface area contributed by atoms with Crippen LogP contribution in [0.2, 0.25) is 0 Å². The first kappa shape index (κ1) is 13.9. The zero-order chi connectivity index (χ0) is 15.0. The van der Waals surface area contributed by atoms with E-state index >= 15 is 0 Å². The van der Waals surface area contributed by atoms with Crippen LogP contribution < -0.4 is 0 Å². The monoisotopic (exact) mass is 285 g/mol. The van der Waals surface area contributed by atoms with Gasteiger partial charge in [-0.25, -0.2) is 4.79 Å². The van der Waals surface area contributed by atoms with Crippen LogP contribution in [0.1, 0.15) is 53.1 Å². The Hall–Kier alpha value is -2.10. The molecule has 1 aromatic heterocycles. The summed E-state index contributed by atoms with van der Waals surface area (Å²) in [7, 11) is 0. The lowest BCUT2D eigenvalue weighted by molar-refractivity contribution is 0.0526. The number of aromatic nitrogens is 1. The Labute approximate surface area is 123 Å². The third-order valence-electron chi connectivity index (χ3n) is 4.10. The van der Waals surface area contributed by atoms with Gasteiger partial charge in [0.15, 0.2) is 0 Å². The van der Waals surface area contributed by atoms with Crippen LogP contribution >= 0.6 is 0 Å². The molecule has 0 spiro atoms. The second-order valence-electron chi connectivity index (χ2n) is 5.44. The first-order valence-electron chi connectivity index (χ1n) is 7.47. The molecule has 1 aliphatic rings. The van der Waals surface area contributed by atoms with Crippen molar-refractivity contribution in [3.63, 3.8) is 0 Å². The fourth-order valence-corrected chi connectivity index (χ4v) is 3.25. The zero-order valence-corrected chi connectivity index (χ0v) is 12.4. The van der Waals surface area contributed by atoms with Gasteiger partial charge >= 0.3 is 5.97 Å². The number of nitrogens with zero attached hydrogens (tertiary/aromatic N) is 1. The van der Waals surface area contributed by atoms with Gasteiger partial charge in [-0.2, -0.15) is 0 Å². The second kappa shape index (κ2) is 5.35. The van der Waals surface area contributed by atoms with Gasteiger partial charge in [0, 0.05) is 18.0 Å². The van der Waals surface area contributed by atoms with E-state index in [-0.39, 0.29) is 11.9 Å². The van der Waals surface area contributed by atoms with Gasteiger partial charge in [0.05, 0.1) is 17.7 Å². The zero-order valence-electron chi connectivity index (χ0n) is 12.4. The van der Waals surface area contributed by atoms with Crippen molar-refractivity contribution < 1.29 is 14.3 Å². The highest BCUT2D eigenvalue weighted by atomic mass is 16.5. The minimum atomic E-state index is -0.306. The summed E-state index contributed by atoms with van der Waals surface area (Å²) in [5, 5.41) is 1.02. The molecular weight excluding hydrogens is 266 g/mol. The van der Waals surface area contributed by atoms with E-state index in [1.54, 1.807) is 24.5 Å². The molecule has 0 amide bonds. The number of hydrogen-bond donors (Lipinski definition) is 0. The lowest BCUT2D eigenvalue weighted by atomic mass is 9.95. The van der Waals surface area contributed by atoms with E-state index in [0.717, 1.165) is 42.3 Å². The largest absolute Gasteiger partial charge is 0.462 e. The molecule has 0 radical (unpaired) electrons. The number of hydrogen-bond acceptors (Lipinski definition) is 3. The minimum absolute atomic E-state index is 0.0343. The number of ether oxygens (including phenoxy) is 1. The summed E-state index contributed by atoms with van der Waals surface area (Å²) in [5.41, 5.74) is 3.79. The van der Waals surface area contributed by atoms with E-state index in [2.05, 4.69) is 0 Å². The van der Waals surface area contributed by atoms with Crippen LogP contribution in [0.15, 0.2) is 18.2 Å². The number of aryl methyl sites for hydroxylation is 1. The number of esters is 1. The van der Waals surface area contributed by atoms with Gasteiger partial charge in [-0.1, -0.05) is 0 Å². The maximum absolute atomic E-state index is 12.0.